The van der Waals surface area contributed by atoms with Gasteiger partial charge in [-0.05, 0) is 11.1 Å². The molecule has 0 aliphatic carbocycles. The van der Waals surface area contributed by atoms with Gasteiger partial charge in [0, 0.05) is 24.6 Å². The van der Waals surface area contributed by atoms with Gasteiger partial charge in [0.2, 0.25) is 0 Å². The Labute approximate surface area is 135 Å². The van der Waals surface area contributed by atoms with Crippen LogP contribution in [0.3, 0.4) is 0 Å². The van der Waals surface area contributed by atoms with Crippen LogP contribution in [0.4, 0.5) is 0 Å². The molecule has 0 saturated carbocycles. The Morgan fingerprint density at radius 1 is 0.909 bits per heavy atom. The molecule has 0 unspecified atom stereocenters. The van der Waals surface area contributed by atoms with Crippen LogP contribution in [0.15, 0.2) is 60.7 Å². The summed E-state index contributed by atoms with van der Waals surface area (Å²) in [6, 6.07) is 18.4. The van der Waals surface area contributed by atoms with E-state index in [4.69, 9.17) is 0 Å². The highest BCUT2D eigenvalue weighted by molar-refractivity contribution is 7.99. The zero-order valence-corrected chi connectivity index (χ0v) is 13.1. The fraction of sp³-hybridized carbons (Fsp3) is 0.278. The van der Waals surface area contributed by atoms with Crippen LogP contribution in [0.2, 0.25) is 0 Å². The first-order valence-electron chi connectivity index (χ1n) is 7.43. The maximum atomic E-state index is 13.1. The fourth-order valence-corrected chi connectivity index (χ4v) is 3.67. The lowest BCUT2D eigenvalue weighted by Gasteiger charge is -2.35. The fourth-order valence-electron chi connectivity index (χ4n) is 2.77. The number of hydrogen-bond donors (Lipinski definition) is 1. The average Bonchev–Trinajstić information content (AvgIpc) is 2.62. The Morgan fingerprint density at radius 3 is 1.82 bits per heavy atom. The Kier molecular flexibility index (Phi) is 4.50. The molecule has 2 aromatic carbocycles. The maximum absolute atomic E-state index is 13.1. The number of aliphatic hydroxyl groups is 1. The third kappa shape index (κ3) is 2.76. The second-order valence-corrected chi connectivity index (χ2v) is 6.57. The largest absolute Gasteiger partial charge is 0.372 e. The van der Waals surface area contributed by atoms with Crippen LogP contribution in [-0.4, -0.2) is 40.5 Å². The second kappa shape index (κ2) is 6.55. The Balaban J connectivity index is 2.05. The van der Waals surface area contributed by atoms with Gasteiger partial charge in [0.15, 0.2) is 5.60 Å². The standard InChI is InChI=1S/C18H19NO2S/c20-17(19-11-13-22-14-12-19)18(21,15-7-3-1-4-8-15)16-9-5-2-6-10-16/h1-10,21H,11-14H2. The van der Waals surface area contributed by atoms with Crippen LogP contribution in [0.5, 0.6) is 0 Å². The van der Waals surface area contributed by atoms with E-state index in [0.29, 0.717) is 24.2 Å². The predicted octanol–water partition coefficient (Wildman–Crippen LogP) is 2.50. The Hall–Kier alpha value is -1.78. The van der Waals surface area contributed by atoms with Crippen LogP contribution in [0, 0.1) is 0 Å². The topological polar surface area (TPSA) is 40.5 Å². The number of thioether (sulfide) groups is 1. The molecule has 1 aliphatic rings. The van der Waals surface area contributed by atoms with Crippen molar-refractivity contribution < 1.29 is 9.90 Å². The van der Waals surface area contributed by atoms with Crippen molar-refractivity contribution in [1.82, 2.24) is 4.90 Å². The molecule has 22 heavy (non-hydrogen) atoms. The molecule has 1 fully saturated rings. The third-order valence-electron chi connectivity index (χ3n) is 3.99. The van der Waals surface area contributed by atoms with Crippen molar-refractivity contribution in [3.8, 4) is 0 Å². The number of carbonyl (C=O) groups is 1. The van der Waals surface area contributed by atoms with Crippen molar-refractivity contribution in [2.24, 2.45) is 0 Å². The van der Waals surface area contributed by atoms with Gasteiger partial charge in [0.05, 0.1) is 0 Å². The number of rotatable bonds is 3. The van der Waals surface area contributed by atoms with E-state index in [2.05, 4.69) is 0 Å². The van der Waals surface area contributed by atoms with Crippen LogP contribution in [0.1, 0.15) is 11.1 Å². The van der Waals surface area contributed by atoms with Crippen molar-refractivity contribution in [1.29, 1.82) is 0 Å². The summed E-state index contributed by atoms with van der Waals surface area (Å²) in [6.45, 7) is 1.37. The molecule has 0 spiro atoms. The normalized spacial score (nSPS) is 15.6. The van der Waals surface area contributed by atoms with Crippen LogP contribution < -0.4 is 0 Å². The number of hydrogen-bond acceptors (Lipinski definition) is 3. The highest BCUT2D eigenvalue weighted by atomic mass is 32.2. The molecule has 1 saturated heterocycles. The van der Waals surface area contributed by atoms with E-state index in [1.807, 2.05) is 72.4 Å². The highest BCUT2D eigenvalue weighted by Crippen LogP contribution is 2.32. The summed E-state index contributed by atoms with van der Waals surface area (Å²) in [5.41, 5.74) is -0.390. The van der Waals surface area contributed by atoms with Crippen molar-refractivity contribution in [3.63, 3.8) is 0 Å². The minimum absolute atomic E-state index is 0.231. The SMILES string of the molecule is O=C(N1CCSCC1)C(O)(c1ccccc1)c1ccccc1. The first kappa shape index (κ1) is 15.1. The summed E-state index contributed by atoms with van der Waals surface area (Å²) in [6.07, 6.45) is 0. The molecule has 4 heteroatoms. The third-order valence-corrected chi connectivity index (χ3v) is 4.93. The summed E-state index contributed by atoms with van der Waals surface area (Å²) in [5.74, 6) is 1.61. The maximum Gasteiger partial charge on any atom is 0.264 e. The Bertz CT molecular complexity index is 585. The summed E-state index contributed by atoms with van der Waals surface area (Å²) in [7, 11) is 0. The first-order valence-corrected chi connectivity index (χ1v) is 8.59. The molecule has 0 aromatic heterocycles. The molecule has 2 aromatic rings. The predicted molar refractivity (Wildman–Crippen MR) is 89.8 cm³/mol. The quantitative estimate of drug-likeness (QED) is 0.946. The zero-order chi connectivity index (χ0) is 15.4. The molecule has 3 rings (SSSR count). The van der Waals surface area contributed by atoms with E-state index in [1.54, 1.807) is 4.90 Å². The molecule has 1 N–H and O–H groups in total. The smallest absolute Gasteiger partial charge is 0.264 e. The van der Waals surface area contributed by atoms with Crippen LogP contribution in [-0.2, 0) is 10.4 Å². The van der Waals surface area contributed by atoms with E-state index >= 15 is 0 Å². The zero-order valence-electron chi connectivity index (χ0n) is 12.3. The summed E-state index contributed by atoms with van der Waals surface area (Å²) in [4.78, 5) is 14.9. The van der Waals surface area contributed by atoms with Gasteiger partial charge in [0.1, 0.15) is 0 Å². The van der Waals surface area contributed by atoms with Gasteiger partial charge >= 0.3 is 0 Å². The summed E-state index contributed by atoms with van der Waals surface area (Å²) >= 11 is 1.84. The van der Waals surface area contributed by atoms with E-state index in [1.165, 1.54) is 0 Å². The van der Waals surface area contributed by atoms with Gasteiger partial charge in [0.25, 0.3) is 5.91 Å². The van der Waals surface area contributed by atoms with Gasteiger partial charge in [-0.1, -0.05) is 60.7 Å². The number of nitrogens with zero attached hydrogens (tertiary/aromatic N) is 1. The molecular weight excluding hydrogens is 294 g/mol. The number of carbonyl (C=O) groups excluding carboxylic acids is 1. The second-order valence-electron chi connectivity index (χ2n) is 5.35. The van der Waals surface area contributed by atoms with Gasteiger partial charge in [-0.15, -0.1) is 0 Å². The van der Waals surface area contributed by atoms with E-state index in [-0.39, 0.29) is 5.91 Å². The lowest BCUT2D eigenvalue weighted by atomic mass is 9.85. The van der Waals surface area contributed by atoms with Crippen molar-refractivity contribution >= 4 is 17.7 Å². The first-order chi connectivity index (χ1) is 10.7. The summed E-state index contributed by atoms with van der Waals surface area (Å²) < 4.78 is 0. The molecule has 114 valence electrons. The van der Waals surface area contributed by atoms with Gasteiger partial charge in [-0.3, -0.25) is 4.79 Å². The van der Waals surface area contributed by atoms with Crippen LogP contribution in [0.25, 0.3) is 0 Å². The minimum Gasteiger partial charge on any atom is -0.372 e. The van der Waals surface area contributed by atoms with Crippen molar-refractivity contribution in [2.75, 3.05) is 24.6 Å². The van der Waals surface area contributed by atoms with E-state index in [0.717, 1.165) is 11.5 Å². The number of benzene rings is 2. The van der Waals surface area contributed by atoms with Gasteiger partial charge in [-0.2, -0.15) is 11.8 Å². The Morgan fingerprint density at radius 2 is 1.36 bits per heavy atom. The molecule has 0 radical (unpaired) electrons. The molecule has 1 aliphatic heterocycles. The van der Waals surface area contributed by atoms with Crippen molar-refractivity contribution in [2.45, 2.75) is 5.60 Å². The summed E-state index contributed by atoms with van der Waals surface area (Å²) in [5, 5.41) is 11.4. The molecular formula is C18H19NO2S. The number of amides is 1. The monoisotopic (exact) mass is 313 g/mol. The minimum atomic E-state index is -1.62. The molecule has 1 heterocycles. The van der Waals surface area contributed by atoms with Gasteiger partial charge < -0.3 is 10.0 Å². The van der Waals surface area contributed by atoms with Gasteiger partial charge in [-0.25, -0.2) is 0 Å². The molecule has 1 amide bonds. The molecule has 0 bridgehead atoms. The lowest BCUT2D eigenvalue weighted by Crippen LogP contribution is -2.50. The molecule has 3 nitrogen and oxygen atoms in total. The van der Waals surface area contributed by atoms with Crippen molar-refractivity contribution in [3.05, 3.63) is 71.8 Å². The van der Waals surface area contributed by atoms with E-state index < -0.39 is 5.60 Å². The lowest BCUT2D eigenvalue weighted by molar-refractivity contribution is -0.147. The van der Waals surface area contributed by atoms with Crippen LogP contribution >= 0.6 is 11.8 Å². The highest BCUT2D eigenvalue weighted by Gasteiger charge is 2.42. The molecule has 0 atom stereocenters. The average molecular weight is 313 g/mol. The van der Waals surface area contributed by atoms with E-state index in [9.17, 15) is 9.90 Å².